The largest absolute Gasteiger partial charge is 0.481 e. The van der Waals surface area contributed by atoms with E-state index in [4.69, 9.17) is 4.74 Å². The number of hydrogen-bond acceptors (Lipinski definition) is 6. The van der Waals surface area contributed by atoms with Gasteiger partial charge in [0, 0.05) is 42.9 Å². The smallest absolute Gasteiger partial charge is 0.435 e. The molecular weight excluding hydrogens is 525 g/mol. The van der Waals surface area contributed by atoms with E-state index in [1.807, 2.05) is 38.1 Å². The molecule has 2 unspecified atom stereocenters. The van der Waals surface area contributed by atoms with Gasteiger partial charge in [-0.25, -0.2) is 10.4 Å². The molecule has 0 saturated heterocycles. The number of methoxy groups -OCH3 is 1. The second kappa shape index (κ2) is 10.7. The number of halogens is 3. The summed E-state index contributed by atoms with van der Waals surface area (Å²) in [6.45, 7) is 4.17. The second-order valence-corrected chi connectivity index (χ2v) is 10.2. The van der Waals surface area contributed by atoms with Gasteiger partial charge in [0.1, 0.15) is 0 Å². The van der Waals surface area contributed by atoms with Crippen LogP contribution < -0.4 is 10.2 Å². The average molecular weight is 555 g/mol. The Morgan fingerprint density at radius 1 is 1.02 bits per heavy atom. The summed E-state index contributed by atoms with van der Waals surface area (Å²) in [5.74, 6) is -0.312. The van der Waals surface area contributed by atoms with Crippen molar-refractivity contribution in [1.82, 2.24) is 20.0 Å². The van der Waals surface area contributed by atoms with E-state index in [1.165, 1.54) is 12.1 Å². The molecule has 0 fully saturated rings. The van der Waals surface area contributed by atoms with Crippen molar-refractivity contribution < 1.29 is 27.5 Å². The van der Waals surface area contributed by atoms with Gasteiger partial charge in [0.15, 0.2) is 5.69 Å². The van der Waals surface area contributed by atoms with Crippen molar-refractivity contribution in [2.45, 2.75) is 45.7 Å². The molecule has 2 aliphatic heterocycles. The maximum Gasteiger partial charge on any atom is 0.435 e. The molecule has 0 bridgehead atoms. The van der Waals surface area contributed by atoms with Gasteiger partial charge in [-0.05, 0) is 36.1 Å². The van der Waals surface area contributed by atoms with Gasteiger partial charge in [-0.15, -0.1) is 0 Å². The first-order valence-corrected chi connectivity index (χ1v) is 13.0. The summed E-state index contributed by atoms with van der Waals surface area (Å²) in [7, 11) is 1.36. The number of alkyl halides is 3. The molecule has 0 radical (unpaired) electrons. The quantitative estimate of drug-likeness (QED) is 0.467. The number of fused-ring (bicyclic) bond motifs is 1. The predicted octanol–water partition coefficient (Wildman–Crippen LogP) is 4.43. The van der Waals surface area contributed by atoms with E-state index in [0.29, 0.717) is 37.1 Å². The number of nitrogens with zero attached hydrogens (tertiary/aromatic N) is 5. The summed E-state index contributed by atoms with van der Waals surface area (Å²) >= 11 is 0. The molecule has 5 rings (SSSR count). The van der Waals surface area contributed by atoms with Crippen LogP contribution in [0.4, 0.5) is 13.2 Å². The molecule has 0 spiro atoms. The van der Waals surface area contributed by atoms with Crippen LogP contribution in [0.3, 0.4) is 0 Å². The molecule has 40 heavy (non-hydrogen) atoms. The Morgan fingerprint density at radius 3 is 2.42 bits per heavy atom. The van der Waals surface area contributed by atoms with Gasteiger partial charge in [-0.3, -0.25) is 9.59 Å². The summed E-state index contributed by atoms with van der Waals surface area (Å²) in [6.07, 6.45) is -2.67. The molecule has 2 aliphatic rings. The average Bonchev–Trinajstić information content (AvgIpc) is 3.37. The molecule has 0 aliphatic carbocycles. The number of carbonyl (C=O) groups is 2. The number of rotatable bonds is 7. The fourth-order valence-corrected chi connectivity index (χ4v) is 5.08. The molecule has 12 heteroatoms. The summed E-state index contributed by atoms with van der Waals surface area (Å²) in [5, 5.41) is 13.9. The van der Waals surface area contributed by atoms with E-state index in [2.05, 4.69) is 20.7 Å². The van der Waals surface area contributed by atoms with Crippen LogP contribution >= 0.6 is 0 Å². The highest BCUT2D eigenvalue weighted by molar-refractivity contribution is 6.10. The molecule has 210 valence electrons. The zero-order valence-electron chi connectivity index (χ0n) is 22.3. The van der Waals surface area contributed by atoms with Crippen molar-refractivity contribution >= 4 is 28.8 Å². The molecule has 0 saturated carbocycles. The number of carbonyl (C=O) groups excluding carboxylic acids is 2. The molecule has 4 heterocycles. The van der Waals surface area contributed by atoms with Crippen LogP contribution in [0.5, 0.6) is 5.88 Å². The molecule has 2 amide bonds. The summed E-state index contributed by atoms with van der Waals surface area (Å²) in [5.41, 5.74) is 5.58. The number of nitrogens with one attached hydrogen (secondary N) is 1. The first-order chi connectivity index (χ1) is 19.0. The zero-order valence-corrected chi connectivity index (χ0v) is 22.3. The van der Waals surface area contributed by atoms with Crippen molar-refractivity contribution in [3.8, 4) is 5.88 Å². The first kappa shape index (κ1) is 27.4. The van der Waals surface area contributed by atoms with E-state index in [1.54, 1.807) is 12.1 Å². The third kappa shape index (κ3) is 5.43. The van der Waals surface area contributed by atoms with Gasteiger partial charge in [0.2, 0.25) is 17.7 Å². The summed E-state index contributed by atoms with van der Waals surface area (Å²) in [4.78, 5) is 24.3. The number of benzene rings is 1. The highest BCUT2D eigenvalue weighted by Gasteiger charge is 2.36. The summed E-state index contributed by atoms with van der Waals surface area (Å²) in [6, 6.07) is 12.1. The SMILES string of the molecule is COc1ccc(C2=NN(CCCc3ccc(C4=NNC(=O)CC4C)cc3)C(=O)CC2C)c2cc(C(F)(F)F)nn12. The minimum Gasteiger partial charge on any atom is -0.481 e. The minimum absolute atomic E-state index is 0.0358. The molecule has 2 atom stereocenters. The first-order valence-electron chi connectivity index (χ1n) is 13.0. The number of amides is 2. The highest BCUT2D eigenvalue weighted by Crippen LogP contribution is 2.33. The fraction of sp³-hybridized carbons (Fsp3) is 0.393. The number of aromatic nitrogens is 2. The second-order valence-electron chi connectivity index (χ2n) is 10.2. The van der Waals surface area contributed by atoms with E-state index < -0.39 is 11.9 Å². The van der Waals surface area contributed by atoms with Crippen LogP contribution in [0.15, 0.2) is 52.7 Å². The zero-order chi connectivity index (χ0) is 28.6. The fourth-order valence-electron chi connectivity index (χ4n) is 5.08. The monoisotopic (exact) mass is 554 g/mol. The third-order valence-corrected chi connectivity index (χ3v) is 7.17. The number of ether oxygens (including phenoxy) is 1. The molecular formula is C28H29F3N6O3. The number of hydrogen-bond donors (Lipinski definition) is 1. The van der Waals surface area contributed by atoms with Crippen molar-refractivity contribution in [3.63, 3.8) is 0 Å². The number of aryl methyl sites for hydroxylation is 1. The van der Waals surface area contributed by atoms with E-state index in [9.17, 15) is 22.8 Å². The molecule has 3 aromatic rings. The lowest BCUT2D eigenvalue weighted by Gasteiger charge is -2.28. The summed E-state index contributed by atoms with van der Waals surface area (Å²) < 4.78 is 46.6. The lowest BCUT2D eigenvalue weighted by Crippen LogP contribution is -2.37. The Bertz CT molecular complexity index is 1510. The number of pyridine rings is 1. The lowest BCUT2D eigenvalue weighted by molar-refractivity contribution is -0.141. The van der Waals surface area contributed by atoms with Gasteiger partial charge in [0.05, 0.1) is 24.0 Å². The molecule has 2 aromatic heterocycles. The van der Waals surface area contributed by atoms with Gasteiger partial charge in [-0.2, -0.15) is 33.0 Å². The maximum atomic E-state index is 13.4. The van der Waals surface area contributed by atoms with E-state index >= 15 is 0 Å². The van der Waals surface area contributed by atoms with Crippen LogP contribution in [0.1, 0.15) is 55.5 Å². The Hall–Kier alpha value is -4.22. The molecule has 9 nitrogen and oxygen atoms in total. The Kier molecular flexibility index (Phi) is 7.35. The minimum atomic E-state index is -4.62. The van der Waals surface area contributed by atoms with Gasteiger partial charge >= 0.3 is 6.18 Å². The van der Waals surface area contributed by atoms with Crippen molar-refractivity contribution in [2.24, 2.45) is 22.0 Å². The van der Waals surface area contributed by atoms with Gasteiger partial charge in [0.25, 0.3) is 0 Å². The molecule has 1 aromatic carbocycles. The topological polar surface area (TPSA) is 101 Å². The normalized spacial score (nSPS) is 19.9. The van der Waals surface area contributed by atoms with Gasteiger partial charge < -0.3 is 4.74 Å². The standard InChI is InChI=1S/C28H29F3N6O3/c1-16-13-23(38)32-33-26(16)19-8-6-18(7-9-19)5-4-12-36-24(39)14-17(2)27(35-36)20-10-11-25(40-3)37-21(20)15-22(34-37)28(29,30)31/h6-11,15-17H,4-5,12-14H2,1-3H3,(H,32,38). The van der Waals surface area contributed by atoms with Crippen molar-refractivity contribution in [1.29, 1.82) is 0 Å². The van der Waals surface area contributed by atoms with E-state index in [0.717, 1.165) is 27.4 Å². The number of hydrazone groups is 2. The van der Waals surface area contributed by atoms with Crippen LogP contribution in [-0.2, 0) is 22.2 Å². The Morgan fingerprint density at radius 2 is 1.75 bits per heavy atom. The lowest BCUT2D eigenvalue weighted by atomic mass is 9.93. The van der Waals surface area contributed by atoms with Crippen molar-refractivity contribution in [3.05, 3.63) is 64.8 Å². The van der Waals surface area contributed by atoms with Gasteiger partial charge in [-0.1, -0.05) is 38.1 Å². The van der Waals surface area contributed by atoms with Crippen molar-refractivity contribution in [2.75, 3.05) is 13.7 Å². The van der Waals surface area contributed by atoms with Crippen LogP contribution in [0.2, 0.25) is 0 Å². The van der Waals surface area contributed by atoms with Crippen LogP contribution in [-0.4, -0.2) is 51.5 Å². The van der Waals surface area contributed by atoms with Crippen LogP contribution in [0.25, 0.3) is 5.52 Å². The maximum absolute atomic E-state index is 13.4. The Balaban J connectivity index is 1.32. The van der Waals surface area contributed by atoms with E-state index in [-0.39, 0.29) is 41.5 Å². The predicted molar refractivity (Wildman–Crippen MR) is 142 cm³/mol. The third-order valence-electron chi connectivity index (χ3n) is 7.17. The Labute approximate surface area is 228 Å². The highest BCUT2D eigenvalue weighted by atomic mass is 19.4. The molecule has 1 N–H and O–H groups in total. The van der Waals surface area contributed by atoms with Crippen LogP contribution in [0, 0.1) is 11.8 Å².